The molecule has 0 saturated carbocycles. The number of nitrogens with one attached hydrogen (secondary N) is 5. The smallest absolute Gasteiger partial charge is 0.243 e. The molecule has 1 aliphatic heterocycles. The quantitative estimate of drug-likeness (QED) is 0.293. The fourth-order valence-electron chi connectivity index (χ4n) is 5.39. The van der Waals surface area contributed by atoms with Crippen molar-refractivity contribution >= 4 is 29.5 Å². The number of rotatable bonds is 9. The van der Waals surface area contributed by atoms with E-state index in [0.717, 1.165) is 11.1 Å². The van der Waals surface area contributed by atoms with E-state index in [4.69, 9.17) is 0 Å². The first-order valence-corrected chi connectivity index (χ1v) is 15.9. The normalized spacial score (nSPS) is 23.8. The molecule has 5 N–H and O–H groups in total. The summed E-state index contributed by atoms with van der Waals surface area (Å²) in [6.07, 6.45) is 0.988. The van der Waals surface area contributed by atoms with Crippen LogP contribution in [-0.2, 0) is 36.8 Å². The van der Waals surface area contributed by atoms with Crippen LogP contribution in [0, 0.1) is 17.8 Å². The van der Waals surface area contributed by atoms with Gasteiger partial charge >= 0.3 is 0 Å². The van der Waals surface area contributed by atoms with Crippen LogP contribution in [0.15, 0.2) is 60.7 Å². The van der Waals surface area contributed by atoms with E-state index in [0.29, 0.717) is 12.8 Å². The lowest BCUT2D eigenvalue weighted by molar-refractivity contribution is -0.135. The van der Waals surface area contributed by atoms with Crippen LogP contribution in [-0.4, -0.2) is 59.7 Å². The van der Waals surface area contributed by atoms with Crippen LogP contribution in [0.2, 0.25) is 0 Å². The van der Waals surface area contributed by atoms with Crippen molar-refractivity contribution in [1.29, 1.82) is 0 Å². The molecule has 0 spiro atoms. The van der Waals surface area contributed by atoms with E-state index >= 15 is 0 Å². The lowest BCUT2D eigenvalue weighted by atomic mass is 9.98. The summed E-state index contributed by atoms with van der Waals surface area (Å²) in [7, 11) is 0. The van der Waals surface area contributed by atoms with E-state index in [1.165, 1.54) is 0 Å². The van der Waals surface area contributed by atoms with Crippen molar-refractivity contribution < 1.29 is 24.0 Å². The molecule has 1 aliphatic rings. The van der Waals surface area contributed by atoms with E-state index in [9.17, 15) is 24.0 Å². The maximum Gasteiger partial charge on any atom is 0.243 e. The molecule has 3 rings (SSSR count). The Morgan fingerprint density at radius 1 is 0.467 bits per heavy atom. The van der Waals surface area contributed by atoms with Crippen LogP contribution in [0.1, 0.15) is 65.5 Å². The Balaban J connectivity index is 2.08. The molecule has 0 unspecified atom stereocenters. The molecule has 1 fully saturated rings. The molecule has 5 atom stereocenters. The molecule has 0 aliphatic carbocycles. The van der Waals surface area contributed by atoms with E-state index in [2.05, 4.69) is 26.6 Å². The first kappa shape index (κ1) is 35.3. The van der Waals surface area contributed by atoms with Gasteiger partial charge < -0.3 is 26.6 Å². The number of carbonyl (C=O) groups is 5. The van der Waals surface area contributed by atoms with Gasteiger partial charge in [-0.3, -0.25) is 24.0 Å². The predicted molar refractivity (Wildman–Crippen MR) is 174 cm³/mol. The molecule has 10 heteroatoms. The molecule has 10 nitrogen and oxygen atoms in total. The second kappa shape index (κ2) is 16.7. The third-order valence-electron chi connectivity index (χ3n) is 7.76. The molecule has 244 valence electrons. The summed E-state index contributed by atoms with van der Waals surface area (Å²) in [5.74, 6) is -2.81. The molecule has 1 heterocycles. The van der Waals surface area contributed by atoms with Crippen LogP contribution < -0.4 is 26.6 Å². The molecule has 5 amide bonds. The van der Waals surface area contributed by atoms with Gasteiger partial charge in [-0.05, 0) is 41.7 Å². The van der Waals surface area contributed by atoms with Crippen LogP contribution >= 0.6 is 0 Å². The van der Waals surface area contributed by atoms with Crippen molar-refractivity contribution in [2.24, 2.45) is 17.8 Å². The van der Waals surface area contributed by atoms with Crippen LogP contribution in [0.25, 0.3) is 0 Å². The van der Waals surface area contributed by atoms with Gasteiger partial charge in [0, 0.05) is 12.8 Å². The second-order valence-corrected chi connectivity index (χ2v) is 13.1. The first-order valence-electron chi connectivity index (χ1n) is 15.9. The maximum atomic E-state index is 13.9. The Labute approximate surface area is 266 Å². The number of amides is 5. The SMILES string of the molecule is CC(C)C[C@H]1NC(=O)[C@@H](Cc2ccccc2)NC(=O)[C@@H](Cc2ccccc2)NC(=O)[C@@H](CC(C)C)NC(=O)[C@@H](C(C)C)NC1=O. The van der Waals surface area contributed by atoms with Crippen LogP contribution in [0.4, 0.5) is 0 Å². The van der Waals surface area contributed by atoms with Gasteiger partial charge in [0.1, 0.15) is 30.2 Å². The van der Waals surface area contributed by atoms with Gasteiger partial charge in [0.25, 0.3) is 0 Å². The largest absolute Gasteiger partial charge is 0.343 e. The molecule has 1 saturated heterocycles. The van der Waals surface area contributed by atoms with E-state index < -0.39 is 59.7 Å². The third kappa shape index (κ3) is 11.0. The fraction of sp³-hybridized carbons (Fsp3) is 0.514. The zero-order valence-electron chi connectivity index (χ0n) is 27.3. The first-order chi connectivity index (χ1) is 21.3. The van der Waals surface area contributed by atoms with Gasteiger partial charge in [0.05, 0.1) is 0 Å². The van der Waals surface area contributed by atoms with Gasteiger partial charge in [0.15, 0.2) is 0 Å². The minimum absolute atomic E-state index is 0.0455. The summed E-state index contributed by atoms with van der Waals surface area (Å²) in [6.45, 7) is 11.4. The summed E-state index contributed by atoms with van der Waals surface area (Å²) in [5, 5.41) is 14.3. The molecule has 0 radical (unpaired) electrons. The summed E-state index contributed by atoms with van der Waals surface area (Å²) in [4.78, 5) is 68.8. The molecular weight excluding hydrogens is 570 g/mol. The Morgan fingerprint density at radius 2 is 0.800 bits per heavy atom. The fourth-order valence-corrected chi connectivity index (χ4v) is 5.39. The molecule has 2 aromatic carbocycles. The van der Waals surface area contributed by atoms with Crippen molar-refractivity contribution in [3.8, 4) is 0 Å². The topological polar surface area (TPSA) is 146 Å². The second-order valence-electron chi connectivity index (χ2n) is 13.1. The number of hydrogen-bond acceptors (Lipinski definition) is 5. The molecule has 0 bridgehead atoms. The summed E-state index contributed by atoms with van der Waals surface area (Å²) >= 11 is 0. The van der Waals surface area contributed by atoms with Gasteiger partial charge in [0.2, 0.25) is 29.5 Å². The average molecular weight is 620 g/mol. The number of hydrogen-bond donors (Lipinski definition) is 5. The van der Waals surface area contributed by atoms with Crippen LogP contribution in [0.3, 0.4) is 0 Å². The molecule has 2 aromatic rings. The highest BCUT2D eigenvalue weighted by Gasteiger charge is 2.35. The Bertz CT molecular complexity index is 1250. The standard InChI is InChI=1S/C35H49N5O5/c1-21(2)17-26-31(41)37-29(20-25-15-11-8-12-16-25)33(43)38-28(19-24-13-9-7-10-14-24)32(42)36-27(18-22(3)4)34(44)40-30(23(5)6)35(45)39-26/h7-16,21-23,26-30H,17-20H2,1-6H3,(H,36,42)(H,37,41)(H,38,43)(H,39,45)(H,40,44)/t26-,27-,28-,29-,30-/m1/s1. The number of carbonyl (C=O) groups excluding carboxylic acids is 5. The van der Waals surface area contributed by atoms with Gasteiger partial charge in [-0.15, -0.1) is 0 Å². The van der Waals surface area contributed by atoms with Crippen molar-refractivity contribution in [3.05, 3.63) is 71.8 Å². The van der Waals surface area contributed by atoms with Gasteiger partial charge in [-0.1, -0.05) is 102 Å². The highest BCUT2D eigenvalue weighted by Crippen LogP contribution is 2.13. The zero-order valence-corrected chi connectivity index (χ0v) is 27.3. The molecule has 45 heavy (non-hydrogen) atoms. The van der Waals surface area contributed by atoms with E-state index in [1.807, 2.05) is 88.4 Å². The lowest BCUT2D eigenvalue weighted by Crippen LogP contribution is -2.59. The summed E-state index contributed by atoms with van der Waals surface area (Å²) in [5.41, 5.74) is 1.63. The zero-order chi connectivity index (χ0) is 33.1. The van der Waals surface area contributed by atoms with Crippen LogP contribution in [0.5, 0.6) is 0 Å². The van der Waals surface area contributed by atoms with E-state index in [1.54, 1.807) is 13.8 Å². The van der Waals surface area contributed by atoms with E-state index in [-0.39, 0.29) is 30.6 Å². The third-order valence-corrected chi connectivity index (χ3v) is 7.76. The average Bonchev–Trinajstić information content (AvgIpc) is 2.98. The Kier molecular flexibility index (Phi) is 13.1. The minimum Gasteiger partial charge on any atom is -0.343 e. The minimum atomic E-state index is -1.03. The predicted octanol–water partition coefficient (Wildman–Crippen LogP) is 2.66. The highest BCUT2D eigenvalue weighted by molar-refractivity contribution is 5.98. The van der Waals surface area contributed by atoms with Crippen molar-refractivity contribution in [2.75, 3.05) is 0 Å². The molecule has 0 aromatic heterocycles. The number of benzene rings is 2. The Hall–Kier alpha value is -4.21. The maximum absolute atomic E-state index is 13.9. The molecular formula is C35H49N5O5. The lowest BCUT2D eigenvalue weighted by Gasteiger charge is -2.28. The Morgan fingerprint density at radius 3 is 1.18 bits per heavy atom. The van der Waals surface area contributed by atoms with Gasteiger partial charge in [-0.2, -0.15) is 0 Å². The van der Waals surface area contributed by atoms with Gasteiger partial charge in [-0.25, -0.2) is 0 Å². The monoisotopic (exact) mass is 619 g/mol. The van der Waals surface area contributed by atoms with Crippen molar-refractivity contribution in [1.82, 2.24) is 26.6 Å². The summed E-state index contributed by atoms with van der Waals surface area (Å²) in [6, 6.07) is 13.6. The van der Waals surface area contributed by atoms with Crippen molar-refractivity contribution in [2.45, 2.75) is 97.4 Å². The highest BCUT2D eigenvalue weighted by atomic mass is 16.2. The van der Waals surface area contributed by atoms with Crippen molar-refractivity contribution in [3.63, 3.8) is 0 Å². The summed E-state index contributed by atoms with van der Waals surface area (Å²) < 4.78 is 0.